The maximum Gasteiger partial charge on any atom is 0.354 e. The number of rotatable bonds is 6. The number of hydrogen-bond acceptors (Lipinski definition) is 5. The lowest BCUT2D eigenvalue weighted by molar-refractivity contribution is 0.0686. The van der Waals surface area contributed by atoms with Crippen molar-refractivity contribution < 1.29 is 23.6 Å². The predicted octanol–water partition coefficient (Wildman–Crippen LogP) is 3.62. The molecule has 2 aromatic heterocycles. The van der Waals surface area contributed by atoms with Gasteiger partial charge < -0.3 is 15.1 Å². The zero-order valence-electron chi connectivity index (χ0n) is 15.1. The predicted molar refractivity (Wildman–Crippen MR) is 98.5 cm³/mol. The quantitative estimate of drug-likeness (QED) is 0.631. The number of carboxylic acids is 1. The van der Waals surface area contributed by atoms with Crippen molar-refractivity contribution in [3.8, 4) is 11.3 Å². The van der Waals surface area contributed by atoms with Crippen LogP contribution in [0.4, 0.5) is 4.39 Å². The zero-order valence-corrected chi connectivity index (χ0v) is 15.1. The summed E-state index contributed by atoms with van der Waals surface area (Å²) < 4.78 is 19.8. The van der Waals surface area contributed by atoms with Crippen LogP contribution in [0.2, 0.25) is 0 Å². The molecule has 1 aliphatic carbocycles. The van der Waals surface area contributed by atoms with Crippen molar-refractivity contribution in [2.45, 2.75) is 32.2 Å². The molecule has 4 rings (SSSR count). The standard InChI is InChI=1S/C20H18FN3O4/c1-11-17(18(23-28-11)12-5-7-14(21)8-6-12)19(25)13-9-16(20(26)27)24(10-13)22-15-3-2-4-15/h5-10,15,22H,2-4H2,1H3,(H,26,27). The summed E-state index contributed by atoms with van der Waals surface area (Å²) >= 11 is 0. The molecule has 144 valence electrons. The van der Waals surface area contributed by atoms with Gasteiger partial charge in [-0.1, -0.05) is 5.16 Å². The number of nitrogens with zero attached hydrogens (tertiary/aromatic N) is 2. The monoisotopic (exact) mass is 383 g/mol. The number of carbonyl (C=O) groups excluding carboxylic acids is 1. The number of carbonyl (C=O) groups is 2. The molecule has 28 heavy (non-hydrogen) atoms. The normalized spacial score (nSPS) is 13.9. The number of aryl methyl sites for hydroxylation is 1. The van der Waals surface area contributed by atoms with E-state index in [4.69, 9.17) is 4.52 Å². The van der Waals surface area contributed by atoms with Crippen molar-refractivity contribution in [2.24, 2.45) is 0 Å². The second-order valence-electron chi connectivity index (χ2n) is 6.84. The molecule has 0 aliphatic heterocycles. The maximum atomic E-state index is 13.2. The molecule has 7 nitrogen and oxygen atoms in total. The highest BCUT2D eigenvalue weighted by atomic mass is 19.1. The summed E-state index contributed by atoms with van der Waals surface area (Å²) in [6.07, 6.45) is 4.49. The second kappa shape index (κ2) is 6.95. The van der Waals surface area contributed by atoms with E-state index in [-0.39, 0.29) is 22.9 Å². The van der Waals surface area contributed by atoms with E-state index >= 15 is 0 Å². The molecule has 1 saturated carbocycles. The van der Waals surface area contributed by atoms with Gasteiger partial charge in [0.2, 0.25) is 0 Å². The first-order valence-electron chi connectivity index (χ1n) is 8.93. The number of aromatic nitrogens is 2. The Balaban J connectivity index is 1.72. The van der Waals surface area contributed by atoms with Gasteiger partial charge in [0, 0.05) is 23.4 Å². The van der Waals surface area contributed by atoms with Gasteiger partial charge in [0.1, 0.15) is 23.0 Å². The lowest BCUT2D eigenvalue weighted by Crippen LogP contribution is -2.34. The molecular weight excluding hydrogens is 365 g/mol. The van der Waals surface area contributed by atoms with Crippen molar-refractivity contribution in [1.82, 2.24) is 9.83 Å². The molecule has 0 bridgehead atoms. The summed E-state index contributed by atoms with van der Waals surface area (Å²) in [5.74, 6) is -1.63. The van der Waals surface area contributed by atoms with Crippen LogP contribution in [0.25, 0.3) is 11.3 Å². The third-order valence-corrected chi connectivity index (χ3v) is 4.94. The topological polar surface area (TPSA) is 97.4 Å². The lowest BCUT2D eigenvalue weighted by atomic mass is 9.94. The van der Waals surface area contributed by atoms with E-state index in [9.17, 15) is 19.1 Å². The van der Waals surface area contributed by atoms with Gasteiger partial charge in [0.15, 0.2) is 5.78 Å². The highest BCUT2D eigenvalue weighted by Crippen LogP contribution is 2.28. The Morgan fingerprint density at radius 3 is 2.61 bits per heavy atom. The van der Waals surface area contributed by atoms with Crippen molar-refractivity contribution in [2.75, 3.05) is 5.43 Å². The Bertz CT molecular complexity index is 1050. The zero-order chi connectivity index (χ0) is 19.8. The number of ketones is 1. The number of halogens is 1. The SMILES string of the molecule is Cc1onc(-c2ccc(F)cc2)c1C(=O)c1cc(C(=O)O)n(NC2CCC2)c1. The molecule has 0 radical (unpaired) electrons. The van der Waals surface area contributed by atoms with E-state index in [2.05, 4.69) is 10.6 Å². The minimum atomic E-state index is -1.13. The fourth-order valence-electron chi connectivity index (χ4n) is 3.18. The molecule has 1 aromatic carbocycles. The van der Waals surface area contributed by atoms with Gasteiger partial charge in [-0.3, -0.25) is 9.47 Å². The van der Waals surface area contributed by atoms with Gasteiger partial charge in [-0.05, 0) is 56.5 Å². The average Bonchev–Trinajstić information content (AvgIpc) is 3.22. The first-order valence-corrected chi connectivity index (χ1v) is 8.93. The van der Waals surface area contributed by atoms with Crippen LogP contribution in [0, 0.1) is 12.7 Å². The highest BCUT2D eigenvalue weighted by molar-refractivity contribution is 6.13. The minimum Gasteiger partial charge on any atom is -0.477 e. The molecule has 0 amide bonds. The maximum absolute atomic E-state index is 13.2. The van der Waals surface area contributed by atoms with Crippen LogP contribution in [0.1, 0.15) is 51.4 Å². The van der Waals surface area contributed by atoms with E-state index in [0.717, 1.165) is 19.3 Å². The summed E-state index contributed by atoms with van der Waals surface area (Å²) in [7, 11) is 0. The largest absolute Gasteiger partial charge is 0.477 e. The molecule has 0 saturated heterocycles. The van der Waals surface area contributed by atoms with Crippen LogP contribution in [0.3, 0.4) is 0 Å². The molecule has 2 heterocycles. The Kier molecular flexibility index (Phi) is 4.46. The van der Waals surface area contributed by atoms with E-state index in [0.29, 0.717) is 17.0 Å². The lowest BCUT2D eigenvalue weighted by Gasteiger charge is -2.28. The van der Waals surface area contributed by atoms with Crippen LogP contribution in [-0.4, -0.2) is 32.7 Å². The van der Waals surface area contributed by atoms with Gasteiger partial charge in [0.25, 0.3) is 0 Å². The number of hydrogen-bond donors (Lipinski definition) is 2. The van der Waals surface area contributed by atoms with E-state index in [1.807, 2.05) is 0 Å². The van der Waals surface area contributed by atoms with Gasteiger partial charge in [-0.25, -0.2) is 9.18 Å². The van der Waals surface area contributed by atoms with Crippen molar-refractivity contribution in [1.29, 1.82) is 0 Å². The van der Waals surface area contributed by atoms with Gasteiger partial charge >= 0.3 is 5.97 Å². The molecule has 1 aliphatic rings. The van der Waals surface area contributed by atoms with Crippen LogP contribution in [-0.2, 0) is 0 Å². The second-order valence-corrected chi connectivity index (χ2v) is 6.84. The summed E-state index contributed by atoms with van der Waals surface area (Å²) in [6, 6.07) is 7.09. The number of benzene rings is 1. The van der Waals surface area contributed by atoms with Gasteiger partial charge in [0.05, 0.1) is 5.56 Å². The summed E-state index contributed by atoms with van der Waals surface area (Å²) in [5.41, 5.74) is 4.36. The van der Waals surface area contributed by atoms with E-state index in [1.165, 1.54) is 41.2 Å². The molecule has 8 heteroatoms. The van der Waals surface area contributed by atoms with E-state index in [1.54, 1.807) is 6.92 Å². The first kappa shape index (κ1) is 18.0. The van der Waals surface area contributed by atoms with E-state index < -0.39 is 17.6 Å². The van der Waals surface area contributed by atoms with Gasteiger partial charge in [-0.2, -0.15) is 0 Å². The molecule has 2 N–H and O–H groups in total. The highest BCUT2D eigenvalue weighted by Gasteiger charge is 2.27. The molecular formula is C20H18FN3O4. The molecule has 3 aromatic rings. The fraction of sp³-hybridized carbons (Fsp3) is 0.250. The third-order valence-electron chi connectivity index (χ3n) is 4.94. The Morgan fingerprint density at radius 1 is 1.29 bits per heavy atom. The van der Waals surface area contributed by atoms with Crippen LogP contribution in [0.5, 0.6) is 0 Å². The Hall–Kier alpha value is -3.42. The molecule has 0 atom stereocenters. The summed E-state index contributed by atoms with van der Waals surface area (Å²) in [4.78, 5) is 24.7. The third kappa shape index (κ3) is 3.17. The summed E-state index contributed by atoms with van der Waals surface area (Å²) in [5, 5.41) is 13.4. The minimum absolute atomic E-state index is 0.0207. The first-order chi connectivity index (χ1) is 13.4. The van der Waals surface area contributed by atoms with Crippen LogP contribution < -0.4 is 5.43 Å². The average molecular weight is 383 g/mol. The number of aromatic carboxylic acids is 1. The molecule has 0 spiro atoms. The van der Waals surface area contributed by atoms with Crippen molar-refractivity contribution in [3.63, 3.8) is 0 Å². The fourth-order valence-corrected chi connectivity index (χ4v) is 3.18. The van der Waals surface area contributed by atoms with Crippen LogP contribution >= 0.6 is 0 Å². The Morgan fingerprint density at radius 2 is 2.00 bits per heavy atom. The van der Waals surface area contributed by atoms with Crippen LogP contribution in [0.15, 0.2) is 41.1 Å². The Labute approximate surface area is 159 Å². The summed E-state index contributed by atoms with van der Waals surface area (Å²) in [6.45, 7) is 1.61. The number of nitrogens with one attached hydrogen (secondary N) is 1. The van der Waals surface area contributed by atoms with Gasteiger partial charge in [-0.15, -0.1) is 0 Å². The molecule has 1 fully saturated rings. The number of carboxylic acid groups (broad SMARTS) is 1. The van der Waals surface area contributed by atoms with Crippen molar-refractivity contribution in [3.05, 3.63) is 64.9 Å². The molecule has 0 unspecified atom stereocenters. The smallest absolute Gasteiger partial charge is 0.354 e. The van der Waals surface area contributed by atoms with Crippen molar-refractivity contribution >= 4 is 11.8 Å².